The monoisotopic (exact) mass is 486 g/mol. The van der Waals surface area contributed by atoms with Crippen LogP contribution < -0.4 is 4.74 Å². The molecule has 1 heterocycles. The molecule has 1 saturated heterocycles. The first kappa shape index (κ1) is 22.5. The van der Waals surface area contributed by atoms with Gasteiger partial charge in [-0.05, 0) is 26.0 Å². The molecule has 0 saturated carbocycles. The van der Waals surface area contributed by atoms with Gasteiger partial charge in [0.1, 0.15) is 11.4 Å². The Labute approximate surface area is 163 Å². The van der Waals surface area contributed by atoms with Crippen molar-refractivity contribution in [2.45, 2.75) is 42.8 Å². The molecule has 12 heteroatoms. The molecule has 2 rings (SSSR count). The highest BCUT2D eigenvalue weighted by Gasteiger charge is 2.58. The minimum Gasteiger partial charge on any atom is -0.435 e. The fourth-order valence-electron chi connectivity index (χ4n) is 2.43. The third kappa shape index (κ3) is 5.20. The number of hydrogen-bond acceptors (Lipinski definition) is 4. The molecule has 1 aromatic carbocycles. The van der Waals surface area contributed by atoms with Crippen molar-refractivity contribution in [3.05, 3.63) is 28.8 Å². The van der Waals surface area contributed by atoms with E-state index in [0.29, 0.717) is 0 Å². The van der Waals surface area contributed by atoms with E-state index in [9.17, 15) is 26.3 Å². The first-order valence-corrected chi connectivity index (χ1v) is 8.52. The van der Waals surface area contributed by atoms with Gasteiger partial charge in [-0.25, -0.2) is 0 Å². The fourth-order valence-corrected chi connectivity index (χ4v) is 2.89. The van der Waals surface area contributed by atoms with Gasteiger partial charge >= 0.3 is 17.6 Å². The molecule has 0 bridgehead atoms. The van der Waals surface area contributed by atoms with Gasteiger partial charge < -0.3 is 18.9 Å². The van der Waals surface area contributed by atoms with Crippen LogP contribution in [0.25, 0.3) is 0 Å². The lowest BCUT2D eigenvalue weighted by Crippen LogP contribution is -2.44. The smallest absolute Gasteiger partial charge is 0.430 e. The van der Waals surface area contributed by atoms with E-state index < -0.39 is 35.5 Å². The third-order valence-electron chi connectivity index (χ3n) is 3.57. The minimum absolute atomic E-state index is 0.0186. The van der Waals surface area contributed by atoms with Crippen LogP contribution >= 0.6 is 27.5 Å². The van der Waals surface area contributed by atoms with Crippen molar-refractivity contribution in [2.75, 3.05) is 13.2 Å². The van der Waals surface area contributed by atoms with Gasteiger partial charge in [0.15, 0.2) is 5.79 Å². The summed E-state index contributed by atoms with van der Waals surface area (Å²) in [6, 6.07) is 3.29. The standard InChI is InChI=1S/C15H14BrClF6O4/c1-12(2)24-6-13(27-12,7-25-15(22,23)14(16,20)21)9-4-3-8(5-10(9)17)26-11(18)19/h3-5,11H,6-7H2,1-2H3. The van der Waals surface area contributed by atoms with Crippen molar-refractivity contribution in [3.8, 4) is 5.75 Å². The van der Waals surface area contributed by atoms with Crippen LogP contribution in [0.2, 0.25) is 5.02 Å². The molecular weight excluding hydrogens is 474 g/mol. The van der Waals surface area contributed by atoms with E-state index >= 15 is 0 Å². The van der Waals surface area contributed by atoms with Crippen LogP contribution in [0.15, 0.2) is 18.2 Å². The molecule has 1 aliphatic heterocycles. The Morgan fingerprint density at radius 2 is 1.89 bits per heavy atom. The molecule has 1 atom stereocenters. The lowest BCUT2D eigenvalue weighted by Gasteiger charge is -2.32. The Morgan fingerprint density at radius 3 is 2.33 bits per heavy atom. The van der Waals surface area contributed by atoms with E-state index in [0.717, 1.165) is 12.1 Å². The Bertz CT molecular complexity index is 685. The molecule has 1 unspecified atom stereocenters. The maximum Gasteiger partial charge on any atom is 0.430 e. The quantitative estimate of drug-likeness (QED) is 0.375. The van der Waals surface area contributed by atoms with E-state index in [-0.39, 0.29) is 22.9 Å². The van der Waals surface area contributed by atoms with Gasteiger partial charge in [0.25, 0.3) is 0 Å². The van der Waals surface area contributed by atoms with Crippen LogP contribution in [0.5, 0.6) is 5.75 Å². The zero-order chi connectivity index (χ0) is 20.7. The van der Waals surface area contributed by atoms with E-state index in [1.54, 1.807) is 15.9 Å². The van der Waals surface area contributed by atoms with Gasteiger partial charge in [-0.3, -0.25) is 0 Å². The van der Waals surface area contributed by atoms with Crippen LogP contribution in [0.1, 0.15) is 19.4 Å². The van der Waals surface area contributed by atoms with Crippen molar-refractivity contribution < 1.29 is 45.3 Å². The van der Waals surface area contributed by atoms with Crippen LogP contribution in [0.4, 0.5) is 26.3 Å². The van der Waals surface area contributed by atoms with Gasteiger partial charge in [-0.15, -0.1) is 0 Å². The van der Waals surface area contributed by atoms with E-state index in [4.69, 9.17) is 21.1 Å². The predicted octanol–water partition coefficient (Wildman–Crippen LogP) is 5.52. The molecule has 4 nitrogen and oxygen atoms in total. The molecule has 1 fully saturated rings. The van der Waals surface area contributed by atoms with Crippen molar-refractivity contribution in [1.29, 1.82) is 0 Å². The summed E-state index contributed by atoms with van der Waals surface area (Å²) in [7, 11) is 0. The normalized spacial score (nSPS) is 23.1. The molecule has 0 radical (unpaired) electrons. The number of alkyl halides is 7. The molecule has 1 aromatic rings. The molecule has 0 amide bonds. The number of halogens is 8. The zero-order valence-corrected chi connectivity index (χ0v) is 16.2. The lowest BCUT2D eigenvalue weighted by molar-refractivity contribution is -0.327. The summed E-state index contributed by atoms with van der Waals surface area (Å²) < 4.78 is 96.9. The maximum absolute atomic E-state index is 13.5. The van der Waals surface area contributed by atoms with Crippen molar-refractivity contribution in [2.24, 2.45) is 0 Å². The summed E-state index contributed by atoms with van der Waals surface area (Å²) in [6.45, 7) is -1.59. The zero-order valence-electron chi connectivity index (χ0n) is 13.9. The van der Waals surface area contributed by atoms with Crippen molar-refractivity contribution >= 4 is 27.5 Å². The SMILES string of the molecule is CC1(C)OCC(COC(F)(F)C(F)(F)Br)(c2ccc(OC(F)F)cc2Cl)O1. The second kappa shape index (κ2) is 7.58. The number of rotatable bonds is 7. The molecule has 0 N–H and O–H groups in total. The third-order valence-corrected chi connectivity index (χ3v) is 4.34. The van der Waals surface area contributed by atoms with Crippen molar-refractivity contribution in [1.82, 2.24) is 0 Å². The fraction of sp³-hybridized carbons (Fsp3) is 0.600. The molecule has 1 aliphatic rings. The molecular formula is C15H14BrClF6O4. The average molecular weight is 488 g/mol. The van der Waals surface area contributed by atoms with Gasteiger partial charge in [0.05, 0.1) is 18.2 Å². The van der Waals surface area contributed by atoms with E-state index in [1.807, 2.05) is 0 Å². The Hall–Kier alpha value is -0.750. The Balaban J connectivity index is 2.35. The maximum atomic E-state index is 13.5. The summed E-state index contributed by atoms with van der Waals surface area (Å²) in [5.41, 5.74) is -1.77. The highest BCUT2D eigenvalue weighted by Crippen LogP contribution is 2.46. The summed E-state index contributed by atoms with van der Waals surface area (Å²) in [6.07, 6.45) is -4.86. The molecule has 154 valence electrons. The second-order valence-electron chi connectivity index (χ2n) is 6.11. The second-order valence-corrected chi connectivity index (χ2v) is 7.51. The van der Waals surface area contributed by atoms with Gasteiger partial charge in [0.2, 0.25) is 0 Å². The van der Waals surface area contributed by atoms with Gasteiger partial charge in [-0.1, -0.05) is 17.7 Å². The molecule has 0 spiro atoms. The van der Waals surface area contributed by atoms with Crippen LogP contribution in [-0.4, -0.2) is 36.6 Å². The summed E-state index contributed by atoms with van der Waals surface area (Å²) in [5.74, 6) is -1.55. The van der Waals surface area contributed by atoms with E-state index in [1.165, 1.54) is 19.9 Å². The molecule has 0 aliphatic carbocycles. The van der Waals surface area contributed by atoms with Gasteiger partial charge in [0, 0.05) is 21.5 Å². The topological polar surface area (TPSA) is 36.9 Å². The predicted molar refractivity (Wildman–Crippen MR) is 85.7 cm³/mol. The van der Waals surface area contributed by atoms with Gasteiger partial charge in [-0.2, -0.15) is 26.3 Å². The van der Waals surface area contributed by atoms with Crippen LogP contribution in [0, 0.1) is 0 Å². The highest BCUT2D eigenvalue weighted by molar-refractivity contribution is 9.10. The Kier molecular flexibility index (Phi) is 6.33. The number of benzene rings is 1. The summed E-state index contributed by atoms with van der Waals surface area (Å²) >= 11 is 7.61. The highest BCUT2D eigenvalue weighted by atomic mass is 79.9. The van der Waals surface area contributed by atoms with Crippen LogP contribution in [0.3, 0.4) is 0 Å². The first-order chi connectivity index (χ1) is 12.2. The lowest BCUT2D eigenvalue weighted by atomic mass is 9.95. The largest absolute Gasteiger partial charge is 0.435 e. The Morgan fingerprint density at radius 1 is 1.26 bits per heavy atom. The minimum atomic E-state index is -4.86. The number of hydrogen-bond donors (Lipinski definition) is 0. The molecule has 0 aromatic heterocycles. The van der Waals surface area contributed by atoms with E-state index in [2.05, 4.69) is 9.47 Å². The molecule has 27 heavy (non-hydrogen) atoms. The average Bonchev–Trinajstić information content (AvgIpc) is 2.80. The summed E-state index contributed by atoms with van der Waals surface area (Å²) in [5, 5.41) is -0.188. The first-order valence-electron chi connectivity index (χ1n) is 7.35. The van der Waals surface area contributed by atoms with Crippen LogP contribution in [-0.2, 0) is 19.8 Å². The number of ether oxygens (including phenoxy) is 4. The summed E-state index contributed by atoms with van der Waals surface area (Å²) in [4.78, 5) is -4.63. The van der Waals surface area contributed by atoms with Crippen molar-refractivity contribution in [3.63, 3.8) is 0 Å².